The second-order valence-corrected chi connectivity index (χ2v) is 10.6. The number of carbonyl (C=O) groups is 1. The van der Waals surface area contributed by atoms with Gasteiger partial charge < -0.3 is 10.0 Å². The molecule has 0 radical (unpaired) electrons. The van der Waals surface area contributed by atoms with Crippen molar-refractivity contribution in [2.45, 2.75) is 50.5 Å². The summed E-state index contributed by atoms with van der Waals surface area (Å²) in [6.45, 7) is 5.57. The molecule has 0 unspecified atom stereocenters. The van der Waals surface area contributed by atoms with Gasteiger partial charge in [-0.3, -0.25) is 9.78 Å². The Labute approximate surface area is 197 Å². The number of carbonyl (C=O) groups excluding carboxylic acids is 1. The molecule has 6 nitrogen and oxygen atoms in total. The molecular weight excluding hydrogens is 471 g/mol. The van der Waals surface area contributed by atoms with Crippen LogP contribution in [-0.4, -0.2) is 26.1 Å². The molecule has 1 fully saturated rings. The third kappa shape index (κ3) is 5.47. The summed E-state index contributed by atoms with van der Waals surface area (Å²) in [5.41, 5.74) is -0.139. The molecule has 11 heteroatoms. The van der Waals surface area contributed by atoms with Gasteiger partial charge in [-0.2, -0.15) is 13.2 Å². The monoisotopic (exact) mass is 493 g/mol. The number of benzene rings is 1. The highest BCUT2D eigenvalue weighted by atomic mass is 32.2. The van der Waals surface area contributed by atoms with Crippen molar-refractivity contribution < 1.29 is 18.0 Å². The first-order valence-electron chi connectivity index (χ1n) is 10.2. The van der Waals surface area contributed by atoms with Crippen molar-refractivity contribution in [2.24, 2.45) is 0 Å². The van der Waals surface area contributed by atoms with Crippen LogP contribution in [0.5, 0.6) is 0 Å². The van der Waals surface area contributed by atoms with Gasteiger partial charge in [0.25, 0.3) is 0 Å². The third-order valence-corrected chi connectivity index (χ3v) is 7.29. The third-order valence-electron chi connectivity index (χ3n) is 5.16. The topological polar surface area (TPSA) is 79.8 Å². The Bertz CT molecular complexity index is 1160. The van der Waals surface area contributed by atoms with Gasteiger partial charge in [-0.15, -0.1) is 11.3 Å². The van der Waals surface area contributed by atoms with Crippen molar-refractivity contribution in [2.75, 3.05) is 10.0 Å². The van der Waals surface area contributed by atoms with Crippen molar-refractivity contribution in [3.05, 3.63) is 52.9 Å². The largest absolute Gasteiger partial charge is 0.434 e. The number of amides is 1. The van der Waals surface area contributed by atoms with E-state index in [9.17, 15) is 18.0 Å². The van der Waals surface area contributed by atoms with E-state index in [1.165, 1.54) is 30.4 Å². The van der Waals surface area contributed by atoms with Crippen LogP contribution in [-0.2, 0) is 16.4 Å². The number of alkyl halides is 3. The Morgan fingerprint density at radius 2 is 1.82 bits per heavy atom. The number of aryl methyl sites for hydroxylation is 1. The molecule has 0 aliphatic heterocycles. The average molecular weight is 494 g/mol. The lowest BCUT2D eigenvalue weighted by Gasteiger charge is -2.22. The molecule has 2 N–H and O–H groups in total. The van der Waals surface area contributed by atoms with Gasteiger partial charge in [0.2, 0.25) is 5.91 Å². The second-order valence-electron chi connectivity index (χ2n) is 8.29. The minimum absolute atomic E-state index is 0.102. The van der Waals surface area contributed by atoms with E-state index >= 15 is 0 Å². The number of hydrogen-bond donors (Lipinski definition) is 2. The smallest absolute Gasteiger partial charge is 0.325 e. The van der Waals surface area contributed by atoms with Crippen LogP contribution in [0.1, 0.15) is 43.0 Å². The van der Waals surface area contributed by atoms with Crippen LogP contribution in [0.2, 0.25) is 0 Å². The van der Waals surface area contributed by atoms with E-state index in [2.05, 4.69) is 25.0 Å². The fourth-order valence-corrected chi connectivity index (χ4v) is 4.92. The number of rotatable bonds is 7. The van der Waals surface area contributed by atoms with Gasteiger partial charge in [0.1, 0.15) is 0 Å². The van der Waals surface area contributed by atoms with Crippen LogP contribution in [0.15, 0.2) is 36.7 Å². The summed E-state index contributed by atoms with van der Waals surface area (Å²) in [6.07, 6.45) is -0.192. The number of hydrogen-bond acceptors (Lipinski definition) is 7. The Hall–Kier alpha value is -2.66. The van der Waals surface area contributed by atoms with Gasteiger partial charge in [-0.25, -0.2) is 9.97 Å². The van der Waals surface area contributed by atoms with Crippen LogP contribution < -0.4 is 10.0 Å². The first kappa shape index (κ1) is 23.5. The highest BCUT2D eigenvalue weighted by molar-refractivity contribution is 8.01. The van der Waals surface area contributed by atoms with E-state index in [4.69, 9.17) is 0 Å². The van der Waals surface area contributed by atoms with Crippen molar-refractivity contribution in [3.63, 3.8) is 0 Å². The van der Waals surface area contributed by atoms with Crippen molar-refractivity contribution in [3.8, 4) is 11.3 Å². The van der Waals surface area contributed by atoms with Gasteiger partial charge in [0.15, 0.2) is 10.8 Å². The van der Waals surface area contributed by atoms with E-state index < -0.39 is 17.3 Å². The van der Waals surface area contributed by atoms with E-state index in [0.717, 1.165) is 10.0 Å². The van der Waals surface area contributed by atoms with E-state index in [-0.39, 0.29) is 11.6 Å². The molecule has 0 saturated heterocycles. The van der Waals surface area contributed by atoms with E-state index in [1.807, 2.05) is 20.8 Å². The quantitative estimate of drug-likeness (QED) is 0.389. The second kappa shape index (κ2) is 8.94. The zero-order valence-corrected chi connectivity index (χ0v) is 19.8. The van der Waals surface area contributed by atoms with Crippen LogP contribution in [0.4, 0.5) is 24.0 Å². The summed E-state index contributed by atoms with van der Waals surface area (Å²) in [5.74, 6) is -0.232. The highest BCUT2D eigenvalue weighted by Crippen LogP contribution is 2.38. The summed E-state index contributed by atoms with van der Waals surface area (Å²) >= 11 is 3.19. The van der Waals surface area contributed by atoms with Crippen molar-refractivity contribution in [1.82, 2.24) is 15.0 Å². The molecule has 1 saturated carbocycles. The molecule has 2 heterocycles. The molecule has 1 aliphatic carbocycles. The highest BCUT2D eigenvalue weighted by Gasteiger charge is 2.35. The van der Waals surface area contributed by atoms with Gasteiger partial charge in [-0.1, -0.05) is 12.1 Å². The Kier molecular flexibility index (Phi) is 6.37. The SMILES string of the molecule is Cc1sc(NSC2CC2)nc1C(C)(C)C(=O)Nc1ccc(-c2cncc(C(F)(F)F)n2)cc1. The van der Waals surface area contributed by atoms with E-state index in [0.29, 0.717) is 28.4 Å². The minimum Gasteiger partial charge on any atom is -0.325 e. The molecule has 3 aromatic rings. The first-order valence-corrected chi connectivity index (χ1v) is 11.9. The summed E-state index contributed by atoms with van der Waals surface area (Å²) in [7, 11) is 0. The van der Waals surface area contributed by atoms with Gasteiger partial charge >= 0.3 is 6.18 Å². The number of halogens is 3. The van der Waals surface area contributed by atoms with Crippen molar-refractivity contribution >= 4 is 40.0 Å². The molecule has 2 aromatic heterocycles. The molecule has 0 bridgehead atoms. The fraction of sp³-hybridized carbons (Fsp3) is 0.364. The van der Waals surface area contributed by atoms with Crippen molar-refractivity contribution in [1.29, 1.82) is 0 Å². The molecule has 4 rings (SSSR count). The average Bonchev–Trinajstić information content (AvgIpc) is 3.52. The first-order chi connectivity index (χ1) is 15.5. The molecule has 1 amide bonds. The molecule has 1 aromatic carbocycles. The standard InChI is InChI=1S/C22H22F3N5OS2/c1-12-18(29-20(32-12)30-33-15-8-9-15)21(2,3)19(31)27-14-6-4-13(5-7-14)16-10-26-11-17(28-16)22(23,24)25/h4-7,10-11,15H,8-9H2,1-3H3,(H,27,31)(H,29,30). The predicted octanol–water partition coefficient (Wildman–Crippen LogP) is 6.07. The number of thiazole rings is 1. The van der Waals surface area contributed by atoms with Crippen LogP contribution in [0, 0.1) is 6.92 Å². The predicted molar refractivity (Wildman–Crippen MR) is 125 cm³/mol. The number of nitrogens with zero attached hydrogens (tertiary/aromatic N) is 3. The van der Waals surface area contributed by atoms with Crippen LogP contribution >= 0.6 is 23.3 Å². The number of aromatic nitrogens is 3. The maximum atomic E-state index is 13.1. The lowest BCUT2D eigenvalue weighted by molar-refractivity contribution is -0.141. The van der Waals surface area contributed by atoms with Gasteiger partial charge in [-0.05, 0) is 57.7 Å². The summed E-state index contributed by atoms with van der Waals surface area (Å²) < 4.78 is 42.0. The maximum absolute atomic E-state index is 13.1. The molecule has 0 atom stereocenters. The summed E-state index contributed by atoms with van der Waals surface area (Å²) in [4.78, 5) is 25.9. The number of anilines is 2. The minimum atomic E-state index is -4.57. The lowest BCUT2D eigenvalue weighted by atomic mass is 9.87. The zero-order valence-electron chi connectivity index (χ0n) is 18.2. The molecular formula is C22H22F3N5OS2. The van der Waals surface area contributed by atoms with Crippen LogP contribution in [0.25, 0.3) is 11.3 Å². The number of nitrogens with one attached hydrogen (secondary N) is 2. The Morgan fingerprint density at radius 1 is 1.12 bits per heavy atom. The van der Waals surface area contributed by atoms with Crippen LogP contribution in [0.3, 0.4) is 0 Å². The zero-order chi connectivity index (χ0) is 23.8. The van der Waals surface area contributed by atoms with E-state index in [1.54, 1.807) is 36.2 Å². The Balaban J connectivity index is 1.46. The molecule has 1 aliphatic rings. The van der Waals surface area contributed by atoms with Gasteiger partial charge in [0.05, 0.1) is 29.2 Å². The molecule has 33 heavy (non-hydrogen) atoms. The fourth-order valence-electron chi connectivity index (χ4n) is 3.10. The maximum Gasteiger partial charge on any atom is 0.434 e. The van der Waals surface area contributed by atoms with Gasteiger partial charge in [0, 0.05) is 21.4 Å². The summed E-state index contributed by atoms with van der Waals surface area (Å²) in [5, 5.41) is 4.30. The molecule has 0 spiro atoms. The lowest BCUT2D eigenvalue weighted by Crippen LogP contribution is -2.35. The normalized spacial score (nSPS) is 14.2. The molecule has 174 valence electrons. The Morgan fingerprint density at radius 3 is 2.45 bits per heavy atom. The summed E-state index contributed by atoms with van der Waals surface area (Å²) in [6, 6.07) is 6.44.